The van der Waals surface area contributed by atoms with Gasteiger partial charge < -0.3 is 4.57 Å². The molecular weight excluding hydrogens is 438 g/mol. The molecule has 0 saturated heterocycles. The summed E-state index contributed by atoms with van der Waals surface area (Å²) in [5.41, 5.74) is 3.81. The summed E-state index contributed by atoms with van der Waals surface area (Å²) in [6.45, 7) is 4.34. The number of carbonyl (C=O) groups excluding carboxylic acids is 1. The Morgan fingerprint density at radius 1 is 1.06 bits per heavy atom. The van der Waals surface area contributed by atoms with Crippen molar-refractivity contribution in [2.75, 3.05) is 0 Å². The van der Waals surface area contributed by atoms with Crippen LogP contribution in [0.3, 0.4) is 0 Å². The number of hydrogen-bond acceptors (Lipinski definition) is 3. The van der Waals surface area contributed by atoms with Crippen molar-refractivity contribution in [3.05, 3.63) is 107 Å². The number of fused-ring (bicyclic) bond motifs is 2. The molecule has 5 aromatic rings. The predicted molar refractivity (Wildman–Crippen MR) is 132 cm³/mol. The zero-order valence-corrected chi connectivity index (χ0v) is 18.6. The van der Waals surface area contributed by atoms with Crippen LogP contribution in [0.5, 0.6) is 0 Å². The molecule has 0 aliphatic rings. The summed E-state index contributed by atoms with van der Waals surface area (Å²) in [5.74, 6) is -0.318. The number of allylic oxidation sites excluding steroid dienone is 1. The third-order valence-electron chi connectivity index (χ3n) is 5.18. The molecule has 2 heterocycles. The van der Waals surface area contributed by atoms with E-state index in [0.29, 0.717) is 21.9 Å². The SMILES string of the molecule is C=CCn1c(=NC(=O)c2cc(-c3ccccc3)nc3ccccc23)sc2cccc(Cl)c21. The Balaban J connectivity index is 1.73. The number of nitrogens with zero attached hydrogens (tertiary/aromatic N) is 3. The number of hydrogen-bond donors (Lipinski definition) is 0. The van der Waals surface area contributed by atoms with Crippen molar-refractivity contribution in [3.63, 3.8) is 0 Å². The lowest BCUT2D eigenvalue weighted by molar-refractivity contribution is 0.0999. The molecule has 0 atom stereocenters. The smallest absolute Gasteiger partial charge is 0.280 e. The van der Waals surface area contributed by atoms with Gasteiger partial charge in [-0.3, -0.25) is 4.79 Å². The number of amides is 1. The molecule has 0 unspecified atom stereocenters. The van der Waals surface area contributed by atoms with Gasteiger partial charge >= 0.3 is 0 Å². The Morgan fingerprint density at radius 2 is 1.84 bits per heavy atom. The highest BCUT2D eigenvalue weighted by Gasteiger charge is 2.15. The fourth-order valence-corrected chi connectivity index (χ4v) is 5.12. The average Bonchev–Trinajstić information content (AvgIpc) is 3.17. The summed E-state index contributed by atoms with van der Waals surface area (Å²) >= 11 is 7.88. The molecule has 4 nitrogen and oxygen atoms in total. The molecule has 0 fully saturated rings. The Hall–Kier alpha value is -3.54. The average molecular weight is 456 g/mol. The molecule has 5 rings (SSSR count). The zero-order chi connectivity index (χ0) is 22.1. The van der Waals surface area contributed by atoms with Gasteiger partial charge in [-0.2, -0.15) is 4.99 Å². The minimum absolute atomic E-state index is 0.318. The molecule has 0 aliphatic heterocycles. The highest BCUT2D eigenvalue weighted by atomic mass is 35.5. The van der Waals surface area contributed by atoms with Gasteiger partial charge in [-0.15, -0.1) is 6.58 Å². The van der Waals surface area contributed by atoms with Gasteiger partial charge in [-0.1, -0.05) is 83.6 Å². The third kappa shape index (κ3) is 3.66. The second-order valence-electron chi connectivity index (χ2n) is 7.23. The molecule has 3 aromatic carbocycles. The van der Waals surface area contributed by atoms with Gasteiger partial charge in [0.1, 0.15) is 0 Å². The van der Waals surface area contributed by atoms with E-state index in [1.807, 2.05) is 83.4 Å². The topological polar surface area (TPSA) is 47.2 Å². The quantitative estimate of drug-likeness (QED) is 0.290. The molecule has 6 heteroatoms. The molecule has 0 saturated carbocycles. The molecule has 32 heavy (non-hydrogen) atoms. The standard InChI is InChI=1S/C26H18ClN3OS/c1-2-15-30-24-20(27)12-8-14-23(24)32-26(30)29-25(31)19-16-22(17-9-4-3-5-10-17)28-21-13-7-6-11-18(19)21/h2-14,16H,1,15H2. The van der Waals surface area contributed by atoms with E-state index in [9.17, 15) is 4.79 Å². The number of halogens is 1. The maximum Gasteiger partial charge on any atom is 0.280 e. The first kappa shape index (κ1) is 20.4. The van der Waals surface area contributed by atoms with E-state index < -0.39 is 0 Å². The van der Waals surface area contributed by atoms with E-state index in [0.717, 1.165) is 32.4 Å². The first-order chi connectivity index (χ1) is 15.7. The lowest BCUT2D eigenvalue weighted by Gasteiger charge is -2.08. The summed E-state index contributed by atoms with van der Waals surface area (Å²) in [6.07, 6.45) is 1.77. The van der Waals surface area contributed by atoms with Gasteiger partial charge in [0.25, 0.3) is 5.91 Å². The van der Waals surface area contributed by atoms with E-state index in [1.165, 1.54) is 11.3 Å². The fourth-order valence-electron chi connectivity index (χ4n) is 3.73. The zero-order valence-electron chi connectivity index (χ0n) is 17.0. The number of thiazole rings is 1. The molecule has 0 spiro atoms. The van der Waals surface area contributed by atoms with Crippen LogP contribution in [0.25, 0.3) is 32.4 Å². The van der Waals surface area contributed by atoms with Crippen molar-refractivity contribution in [1.82, 2.24) is 9.55 Å². The van der Waals surface area contributed by atoms with Crippen LogP contribution >= 0.6 is 22.9 Å². The summed E-state index contributed by atoms with van der Waals surface area (Å²) in [6, 6.07) is 25.0. The van der Waals surface area contributed by atoms with Gasteiger partial charge in [-0.25, -0.2) is 4.98 Å². The molecule has 0 bridgehead atoms. The normalized spacial score (nSPS) is 11.8. The fraction of sp³-hybridized carbons (Fsp3) is 0.0385. The van der Waals surface area contributed by atoms with Crippen LogP contribution in [0, 0.1) is 0 Å². The van der Waals surface area contributed by atoms with Crippen molar-refractivity contribution in [2.24, 2.45) is 4.99 Å². The number of carbonyl (C=O) groups is 1. The third-order valence-corrected chi connectivity index (χ3v) is 6.53. The highest BCUT2D eigenvalue weighted by molar-refractivity contribution is 7.16. The first-order valence-electron chi connectivity index (χ1n) is 10.1. The number of rotatable bonds is 4. The number of aromatic nitrogens is 2. The van der Waals surface area contributed by atoms with Crippen molar-refractivity contribution in [3.8, 4) is 11.3 Å². The largest absolute Gasteiger partial charge is 0.311 e. The van der Waals surface area contributed by atoms with Crippen molar-refractivity contribution in [2.45, 2.75) is 6.54 Å². The minimum Gasteiger partial charge on any atom is -0.311 e. The van der Waals surface area contributed by atoms with E-state index in [1.54, 1.807) is 6.08 Å². The Labute approximate surface area is 193 Å². The highest BCUT2D eigenvalue weighted by Crippen LogP contribution is 2.27. The second kappa shape index (κ2) is 8.54. The van der Waals surface area contributed by atoms with E-state index in [-0.39, 0.29) is 5.91 Å². The predicted octanol–water partition coefficient (Wildman–Crippen LogP) is 6.50. The van der Waals surface area contributed by atoms with Gasteiger partial charge in [0.15, 0.2) is 4.80 Å². The van der Waals surface area contributed by atoms with E-state index >= 15 is 0 Å². The van der Waals surface area contributed by atoms with E-state index in [4.69, 9.17) is 16.6 Å². The van der Waals surface area contributed by atoms with Crippen molar-refractivity contribution < 1.29 is 4.79 Å². The van der Waals surface area contributed by atoms with Crippen LogP contribution in [0.2, 0.25) is 5.02 Å². The molecule has 0 N–H and O–H groups in total. The Bertz CT molecular complexity index is 1550. The molecule has 2 aromatic heterocycles. The summed E-state index contributed by atoms with van der Waals surface area (Å²) < 4.78 is 2.89. The van der Waals surface area contributed by atoms with Crippen LogP contribution in [0.1, 0.15) is 10.4 Å². The minimum atomic E-state index is -0.318. The van der Waals surface area contributed by atoms with E-state index in [2.05, 4.69) is 11.6 Å². The van der Waals surface area contributed by atoms with Crippen LogP contribution in [0.15, 0.2) is 96.5 Å². The van der Waals surface area contributed by atoms with Gasteiger partial charge in [-0.05, 0) is 24.3 Å². The summed E-state index contributed by atoms with van der Waals surface area (Å²) in [5, 5.41) is 1.39. The number of benzene rings is 3. The number of pyridine rings is 1. The van der Waals surface area contributed by atoms with Crippen molar-refractivity contribution >= 4 is 50.0 Å². The lowest BCUT2D eigenvalue weighted by atomic mass is 10.0. The maximum atomic E-state index is 13.5. The monoisotopic (exact) mass is 455 g/mol. The number of para-hydroxylation sites is 2. The molecule has 0 aliphatic carbocycles. The lowest BCUT2D eigenvalue weighted by Crippen LogP contribution is -2.16. The Morgan fingerprint density at radius 3 is 2.66 bits per heavy atom. The Kier molecular flexibility index (Phi) is 5.43. The molecular formula is C26H18ClN3OS. The van der Waals surface area contributed by atoms with Crippen LogP contribution in [0.4, 0.5) is 0 Å². The van der Waals surface area contributed by atoms with Gasteiger partial charge in [0.2, 0.25) is 0 Å². The van der Waals surface area contributed by atoms with Gasteiger partial charge in [0, 0.05) is 17.5 Å². The molecule has 0 radical (unpaired) electrons. The summed E-state index contributed by atoms with van der Waals surface area (Å²) in [7, 11) is 0. The molecule has 1 amide bonds. The first-order valence-corrected chi connectivity index (χ1v) is 11.3. The second-order valence-corrected chi connectivity index (χ2v) is 8.64. The molecule has 156 valence electrons. The van der Waals surface area contributed by atoms with Crippen LogP contribution in [-0.4, -0.2) is 15.5 Å². The summed E-state index contributed by atoms with van der Waals surface area (Å²) in [4.78, 5) is 23.3. The van der Waals surface area contributed by atoms with Crippen LogP contribution in [-0.2, 0) is 6.54 Å². The van der Waals surface area contributed by atoms with Crippen molar-refractivity contribution in [1.29, 1.82) is 0 Å². The van der Waals surface area contributed by atoms with Crippen LogP contribution < -0.4 is 4.80 Å². The maximum absolute atomic E-state index is 13.5. The van der Waals surface area contributed by atoms with Gasteiger partial charge in [0.05, 0.1) is 32.0 Å².